The molecule has 0 fully saturated rings. The lowest BCUT2D eigenvalue weighted by Gasteiger charge is -1.96. The van der Waals surface area contributed by atoms with Crippen LogP contribution in [0.4, 0.5) is 0 Å². The van der Waals surface area contributed by atoms with E-state index in [0.29, 0.717) is 0 Å². The summed E-state index contributed by atoms with van der Waals surface area (Å²) in [6, 6.07) is 32.8. The first-order valence-corrected chi connectivity index (χ1v) is 9.06. The van der Waals surface area contributed by atoms with Gasteiger partial charge in [0, 0.05) is 0 Å². The van der Waals surface area contributed by atoms with Crippen LogP contribution in [0.25, 0.3) is 0 Å². The topological polar surface area (TPSA) is 0 Å². The molecule has 134 valence electrons. The minimum Gasteiger partial charge on any atom is -0.0961 e. The van der Waals surface area contributed by atoms with Gasteiger partial charge in [0.05, 0.1) is 0 Å². The molecule has 0 aliphatic heterocycles. The smallest absolute Gasteiger partial charge is 0.0244 e. The van der Waals surface area contributed by atoms with Gasteiger partial charge in [0.1, 0.15) is 0 Å². The van der Waals surface area contributed by atoms with Gasteiger partial charge in [-0.2, -0.15) is 0 Å². The van der Waals surface area contributed by atoms with E-state index >= 15 is 0 Å². The molecule has 0 nitrogen and oxygen atoms in total. The van der Waals surface area contributed by atoms with Gasteiger partial charge in [0.25, 0.3) is 0 Å². The molecule has 0 aliphatic rings. The summed E-state index contributed by atoms with van der Waals surface area (Å²) in [7, 11) is 0. The molecule has 0 amide bonds. The Hall–Kier alpha value is -2.86. The Morgan fingerprint density at radius 3 is 1.54 bits per heavy atom. The zero-order valence-electron chi connectivity index (χ0n) is 16.0. The summed E-state index contributed by atoms with van der Waals surface area (Å²) in [6.07, 6.45) is 6.46. The molecule has 0 aromatic heterocycles. The average Bonchev–Trinajstić information content (AvgIpc) is 2.69. The molecule has 3 aromatic rings. The molecule has 0 heterocycles. The summed E-state index contributed by atoms with van der Waals surface area (Å²) >= 11 is 0. The van der Waals surface area contributed by atoms with Crippen molar-refractivity contribution in [2.45, 2.75) is 26.7 Å². The highest BCUT2D eigenvalue weighted by Crippen LogP contribution is 2.03. The first kappa shape index (κ1) is 21.2. The molecule has 0 saturated carbocycles. The lowest BCUT2D eigenvalue weighted by molar-refractivity contribution is 1.00. The molecule has 0 bridgehead atoms. The van der Waals surface area contributed by atoms with E-state index in [1.165, 1.54) is 11.1 Å². The number of hydrogen-bond donors (Lipinski definition) is 0. The summed E-state index contributed by atoms with van der Waals surface area (Å²) in [4.78, 5) is 0. The van der Waals surface area contributed by atoms with Crippen molar-refractivity contribution < 1.29 is 0 Å². The van der Waals surface area contributed by atoms with E-state index in [1.807, 2.05) is 67.6 Å². The van der Waals surface area contributed by atoms with Crippen molar-refractivity contribution in [3.8, 4) is 0 Å². The van der Waals surface area contributed by atoms with E-state index in [1.54, 1.807) is 0 Å². The largest absolute Gasteiger partial charge is 0.0961 e. The third-order valence-corrected chi connectivity index (χ3v) is 3.45. The normalized spacial score (nSPS) is 9.46. The van der Waals surface area contributed by atoms with E-state index in [-0.39, 0.29) is 0 Å². The fourth-order valence-corrected chi connectivity index (χ4v) is 2.10. The molecule has 0 saturated heterocycles. The molecular weight excluding hydrogens is 312 g/mol. The molecule has 0 aliphatic carbocycles. The van der Waals surface area contributed by atoms with Crippen LogP contribution < -0.4 is 0 Å². The van der Waals surface area contributed by atoms with Gasteiger partial charge in [-0.15, -0.1) is 0 Å². The van der Waals surface area contributed by atoms with Gasteiger partial charge in [-0.3, -0.25) is 0 Å². The first-order chi connectivity index (χ1) is 12.7. The lowest BCUT2D eigenvalue weighted by atomic mass is 10.1. The molecule has 0 unspecified atom stereocenters. The standard InChI is InChI=1S/C13H16.C7H8.C6H6/c1-12(2)8-6-7-11-13-9-4-3-5-10-13;1-7-5-3-2-4-6-7;1-2-4-6-5-3-1/h3-6,8-10H,1,7,11H2,2H3;2-6H,1H3;1-6H/b8-6+;;. The Morgan fingerprint density at radius 1 is 0.731 bits per heavy atom. The molecule has 26 heavy (non-hydrogen) atoms. The van der Waals surface area contributed by atoms with Crippen molar-refractivity contribution in [2.75, 3.05) is 0 Å². The van der Waals surface area contributed by atoms with Crippen molar-refractivity contribution in [2.24, 2.45) is 0 Å². The van der Waals surface area contributed by atoms with Gasteiger partial charge in [-0.25, -0.2) is 0 Å². The molecule has 0 N–H and O–H groups in total. The fraction of sp³-hybridized carbons (Fsp3) is 0.154. The summed E-state index contributed by atoms with van der Waals surface area (Å²) < 4.78 is 0. The van der Waals surface area contributed by atoms with Crippen LogP contribution in [0, 0.1) is 6.92 Å². The summed E-state index contributed by atoms with van der Waals surface area (Å²) in [5.41, 5.74) is 3.84. The maximum absolute atomic E-state index is 3.81. The van der Waals surface area contributed by atoms with Crippen LogP contribution in [-0.4, -0.2) is 0 Å². The Balaban J connectivity index is 0.000000217. The third-order valence-electron chi connectivity index (χ3n) is 3.45. The zero-order valence-corrected chi connectivity index (χ0v) is 16.0. The average molecular weight is 343 g/mol. The molecule has 0 heteroatoms. The van der Waals surface area contributed by atoms with Crippen LogP contribution in [0.1, 0.15) is 24.5 Å². The van der Waals surface area contributed by atoms with Crippen LogP contribution in [0.5, 0.6) is 0 Å². The Kier molecular flexibility index (Phi) is 11.8. The summed E-state index contributed by atoms with van der Waals surface area (Å²) in [5, 5.41) is 0. The molecule has 0 spiro atoms. The Labute approximate surface area is 159 Å². The van der Waals surface area contributed by atoms with E-state index in [9.17, 15) is 0 Å². The Morgan fingerprint density at radius 2 is 1.15 bits per heavy atom. The maximum Gasteiger partial charge on any atom is -0.0244 e. The van der Waals surface area contributed by atoms with Crippen molar-refractivity contribution in [3.05, 3.63) is 132 Å². The molecule has 3 aromatic carbocycles. The molecular formula is C26H30. The van der Waals surface area contributed by atoms with Gasteiger partial charge < -0.3 is 0 Å². The number of benzene rings is 3. The van der Waals surface area contributed by atoms with Gasteiger partial charge >= 0.3 is 0 Å². The second kappa shape index (κ2) is 14.5. The van der Waals surface area contributed by atoms with Gasteiger partial charge in [-0.1, -0.05) is 127 Å². The second-order valence-electron chi connectivity index (χ2n) is 6.08. The zero-order chi connectivity index (χ0) is 18.9. The third kappa shape index (κ3) is 12.5. The predicted octanol–water partition coefficient (Wildman–Crippen LogP) is 7.43. The lowest BCUT2D eigenvalue weighted by Crippen LogP contribution is -1.81. The molecule has 0 atom stereocenters. The second-order valence-corrected chi connectivity index (χ2v) is 6.08. The SMILES string of the molecule is C=C(C)/C=C/CCc1ccccc1.Cc1ccccc1.c1ccccc1. The van der Waals surface area contributed by atoms with Crippen LogP contribution in [0.3, 0.4) is 0 Å². The van der Waals surface area contributed by atoms with E-state index in [2.05, 4.69) is 62.1 Å². The minimum absolute atomic E-state index is 1.09. The number of hydrogen-bond acceptors (Lipinski definition) is 0. The number of allylic oxidation sites excluding steroid dienone is 3. The van der Waals surface area contributed by atoms with E-state index in [4.69, 9.17) is 0 Å². The highest BCUT2D eigenvalue weighted by molar-refractivity contribution is 5.16. The summed E-state index contributed by atoms with van der Waals surface area (Å²) in [5.74, 6) is 0. The van der Waals surface area contributed by atoms with Gasteiger partial charge in [0.15, 0.2) is 0 Å². The molecule has 0 radical (unpaired) electrons. The first-order valence-electron chi connectivity index (χ1n) is 9.06. The number of rotatable bonds is 4. The van der Waals surface area contributed by atoms with Crippen LogP contribution in [-0.2, 0) is 6.42 Å². The minimum atomic E-state index is 1.09. The quantitative estimate of drug-likeness (QED) is 0.432. The van der Waals surface area contributed by atoms with Crippen molar-refractivity contribution in [3.63, 3.8) is 0 Å². The highest BCUT2D eigenvalue weighted by atomic mass is 13.9. The maximum atomic E-state index is 3.81. The van der Waals surface area contributed by atoms with Crippen LogP contribution >= 0.6 is 0 Å². The Bertz CT molecular complexity index is 683. The summed E-state index contributed by atoms with van der Waals surface area (Å²) in [6.45, 7) is 7.91. The van der Waals surface area contributed by atoms with Crippen molar-refractivity contribution in [1.29, 1.82) is 0 Å². The predicted molar refractivity (Wildman–Crippen MR) is 116 cm³/mol. The van der Waals surface area contributed by atoms with Crippen molar-refractivity contribution in [1.82, 2.24) is 0 Å². The van der Waals surface area contributed by atoms with Crippen molar-refractivity contribution >= 4 is 0 Å². The van der Waals surface area contributed by atoms with Gasteiger partial charge in [0.2, 0.25) is 0 Å². The van der Waals surface area contributed by atoms with Gasteiger partial charge in [-0.05, 0) is 32.3 Å². The van der Waals surface area contributed by atoms with Crippen LogP contribution in [0.15, 0.2) is 121 Å². The molecule has 3 rings (SSSR count). The monoisotopic (exact) mass is 342 g/mol. The van der Waals surface area contributed by atoms with Crippen LogP contribution in [0.2, 0.25) is 0 Å². The van der Waals surface area contributed by atoms with E-state index < -0.39 is 0 Å². The number of aryl methyl sites for hydroxylation is 2. The highest BCUT2D eigenvalue weighted by Gasteiger charge is 1.87. The van der Waals surface area contributed by atoms with E-state index in [0.717, 1.165) is 18.4 Å². The fourth-order valence-electron chi connectivity index (χ4n) is 2.10.